The third-order valence-electron chi connectivity index (χ3n) is 7.21. The van der Waals surface area contributed by atoms with E-state index in [1.54, 1.807) is 0 Å². The van der Waals surface area contributed by atoms with Gasteiger partial charge in [-0.1, -0.05) is 123 Å². The minimum absolute atomic E-state index is 0.100. The first-order valence-corrected chi connectivity index (χ1v) is 15.3. The summed E-state index contributed by atoms with van der Waals surface area (Å²) in [5, 5.41) is 38.5. The van der Waals surface area contributed by atoms with Gasteiger partial charge in [0, 0.05) is 13.0 Å². The van der Waals surface area contributed by atoms with Crippen molar-refractivity contribution in [1.29, 1.82) is 0 Å². The lowest BCUT2D eigenvalue weighted by Gasteiger charge is -2.26. The van der Waals surface area contributed by atoms with E-state index in [1.807, 2.05) is 0 Å². The summed E-state index contributed by atoms with van der Waals surface area (Å²) in [5.41, 5.74) is 0. The summed E-state index contributed by atoms with van der Waals surface area (Å²) >= 11 is 0. The maximum Gasteiger partial charge on any atom is 0.222 e. The average Bonchev–Trinajstić information content (AvgIpc) is 2.90. The molecule has 0 radical (unpaired) electrons. The summed E-state index contributed by atoms with van der Waals surface area (Å²) in [6.45, 7) is 3.84. The molecule has 220 valence electrons. The van der Waals surface area contributed by atoms with Crippen molar-refractivity contribution in [2.75, 3.05) is 19.7 Å². The van der Waals surface area contributed by atoms with E-state index in [-0.39, 0.29) is 12.5 Å². The predicted molar refractivity (Wildman–Crippen MR) is 150 cm³/mol. The Morgan fingerprint density at radius 2 is 1.03 bits per heavy atom. The van der Waals surface area contributed by atoms with Crippen LogP contribution in [0.1, 0.15) is 142 Å². The highest BCUT2D eigenvalue weighted by Gasteiger charge is 2.31. The Kier molecular flexibility index (Phi) is 24.6. The molecule has 0 aromatic carbocycles. The lowest BCUT2D eigenvalue weighted by molar-refractivity contribution is -0.145. The van der Waals surface area contributed by atoms with Crippen molar-refractivity contribution in [1.82, 2.24) is 4.90 Å². The Morgan fingerprint density at radius 1 is 0.622 bits per heavy atom. The molecular weight excluding hydrogens is 470 g/mol. The van der Waals surface area contributed by atoms with Crippen LogP contribution in [-0.2, 0) is 9.59 Å². The number of aliphatic hydroxyl groups is 4. The van der Waals surface area contributed by atoms with Crippen molar-refractivity contribution in [3.63, 3.8) is 0 Å². The topological polar surface area (TPSA) is 118 Å². The van der Waals surface area contributed by atoms with Gasteiger partial charge in [-0.2, -0.15) is 0 Å². The van der Waals surface area contributed by atoms with Gasteiger partial charge in [0.05, 0.1) is 13.2 Å². The fourth-order valence-corrected chi connectivity index (χ4v) is 4.62. The van der Waals surface area contributed by atoms with Crippen LogP contribution in [0, 0.1) is 0 Å². The summed E-state index contributed by atoms with van der Waals surface area (Å²) in [6, 6.07) is 0. The van der Waals surface area contributed by atoms with Gasteiger partial charge in [0.2, 0.25) is 5.91 Å². The Morgan fingerprint density at radius 3 is 1.46 bits per heavy atom. The van der Waals surface area contributed by atoms with Gasteiger partial charge in [0.25, 0.3) is 0 Å². The number of Topliss-reactive ketones (excluding diaryl/α,β-unsaturated/α-hetero) is 1. The standard InChI is InChI=1S/C30H59NO6/c1-3-5-7-9-11-13-15-17-19-21-23-31(24-26(33)29(36)30(37)27(34)25-32)28(35)22-20-18-16-14-12-10-8-6-4-2/h27,29-30,32,34,36-37H,3-25H2,1-2H3/t27-,29-,30+/m1/s1. The molecule has 3 atom stereocenters. The fourth-order valence-electron chi connectivity index (χ4n) is 4.62. The average molecular weight is 530 g/mol. The minimum atomic E-state index is -1.84. The lowest BCUT2D eigenvalue weighted by Crippen LogP contribution is -2.48. The summed E-state index contributed by atoms with van der Waals surface area (Å²) in [5.74, 6) is -0.816. The maximum absolute atomic E-state index is 12.9. The number of hydrogen-bond donors (Lipinski definition) is 4. The number of rotatable bonds is 27. The number of aliphatic hydroxyl groups excluding tert-OH is 4. The number of ketones is 1. The molecule has 4 N–H and O–H groups in total. The molecule has 0 aromatic heterocycles. The summed E-state index contributed by atoms with van der Waals surface area (Å²) in [4.78, 5) is 26.9. The zero-order valence-electron chi connectivity index (χ0n) is 24.0. The van der Waals surface area contributed by atoms with Gasteiger partial charge >= 0.3 is 0 Å². The molecule has 0 bridgehead atoms. The zero-order chi connectivity index (χ0) is 27.7. The van der Waals surface area contributed by atoms with Gasteiger partial charge in [0.1, 0.15) is 18.3 Å². The monoisotopic (exact) mass is 529 g/mol. The Hall–Kier alpha value is -1.02. The van der Waals surface area contributed by atoms with Crippen molar-refractivity contribution >= 4 is 11.7 Å². The smallest absolute Gasteiger partial charge is 0.222 e. The summed E-state index contributed by atoms with van der Waals surface area (Å²) in [7, 11) is 0. The molecule has 0 aliphatic heterocycles. The van der Waals surface area contributed by atoms with Crippen LogP contribution in [0.15, 0.2) is 0 Å². The molecule has 0 rings (SSSR count). The molecule has 1 amide bonds. The van der Waals surface area contributed by atoms with Crippen molar-refractivity contribution in [2.24, 2.45) is 0 Å². The van der Waals surface area contributed by atoms with Crippen LogP contribution >= 0.6 is 0 Å². The molecule has 0 saturated heterocycles. The van der Waals surface area contributed by atoms with Crippen LogP contribution in [0.4, 0.5) is 0 Å². The van der Waals surface area contributed by atoms with Gasteiger partial charge in [-0.15, -0.1) is 0 Å². The number of unbranched alkanes of at least 4 members (excludes halogenated alkanes) is 17. The summed E-state index contributed by atoms with van der Waals surface area (Å²) in [6.07, 6.45) is 17.4. The van der Waals surface area contributed by atoms with Gasteiger partial charge < -0.3 is 25.3 Å². The number of amides is 1. The predicted octanol–water partition coefficient (Wildman–Crippen LogP) is 5.30. The molecule has 0 spiro atoms. The quantitative estimate of drug-likeness (QED) is 0.107. The van der Waals surface area contributed by atoms with Gasteiger partial charge in [0.15, 0.2) is 5.78 Å². The van der Waals surface area contributed by atoms with Crippen LogP contribution in [0.2, 0.25) is 0 Å². The summed E-state index contributed by atoms with van der Waals surface area (Å²) < 4.78 is 0. The molecule has 7 heteroatoms. The molecule has 37 heavy (non-hydrogen) atoms. The SMILES string of the molecule is CCCCCCCCCCCCN(CC(=O)[C@@H](O)[C@@H](O)[C@H](O)CO)C(=O)CCCCCCCCCCC. The first-order chi connectivity index (χ1) is 17.9. The highest BCUT2D eigenvalue weighted by molar-refractivity contribution is 5.89. The van der Waals surface area contributed by atoms with E-state index in [0.29, 0.717) is 13.0 Å². The maximum atomic E-state index is 12.9. The van der Waals surface area contributed by atoms with E-state index in [0.717, 1.165) is 38.5 Å². The molecule has 0 aromatic rings. The zero-order valence-corrected chi connectivity index (χ0v) is 24.0. The van der Waals surface area contributed by atoms with Crippen molar-refractivity contribution < 1.29 is 30.0 Å². The van der Waals surface area contributed by atoms with Crippen LogP contribution in [-0.4, -0.2) is 75.0 Å². The molecule has 0 unspecified atom stereocenters. The second kappa shape index (κ2) is 25.3. The third-order valence-corrected chi connectivity index (χ3v) is 7.21. The highest BCUT2D eigenvalue weighted by Crippen LogP contribution is 2.14. The van der Waals surface area contributed by atoms with Gasteiger partial charge in [-0.05, 0) is 12.8 Å². The van der Waals surface area contributed by atoms with Gasteiger partial charge in [-0.3, -0.25) is 9.59 Å². The van der Waals surface area contributed by atoms with E-state index >= 15 is 0 Å². The van der Waals surface area contributed by atoms with Gasteiger partial charge in [-0.25, -0.2) is 0 Å². The number of nitrogens with zero attached hydrogens (tertiary/aromatic N) is 1. The lowest BCUT2D eigenvalue weighted by atomic mass is 10.0. The van der Waals surface area contributed by atoms with Crippen molar-refractivity contribution in [3.8, 4) is 0 Å². The Balaban J connectivity index is 4.48. The number of carbonyl (C=O) groups is 2. The van der Waals surface area contributed by atoms with E-state index in [4.69, 9.17) is 5.11 Å². The Bertz CT molecular complexity index is 544. The van der Waals surface area contributed by atoms with Crippen molar-refractivity contribution in [3.05, 3.63) is 0 Å². The van der Waals surface area contributed by atoms with Crippen LogP contribution in [0.25, 0.3) is 0 Å². The van der Waals surface area contributed by atoms with Crippen LogP contribution < -0.4 is 0 Å². The highest BCUT2D eigenvalue weighted by atomic mass is 16.4. The molecule has 0 saturated carbocycles. The molecule has 0 heterocycles. The van der Waals surface area contributed by atoms with E-state index in [9.17, 15) is 24.9 Å². The second-order valence-electron chi connectivity index (χ2n) is 10.7. The number of hydrogen-bond acceptors (Lipinski definition) is 6. The third kappa shape index (κ3) is 19.7. The molecule has 0 aliphatic carbocycles. The Labute approximate surface area is 227 Å². The van der Waals surface area contributed by atoms with E-state index in [1.165, 1.54) is 88.4 Å². The van der Waals surface area contributed by atoms with Crippen LogP contribution in [0.5, 0.6) is 0 Å². The molecule has 0 aliphatic rings. The molecule has 0 fully saturated rings. The largest absolute Gasteiger partial charge is 0.394 e. The van der Waals surface area contributed by atoms with Crippen LogP contribution in [0.3, 0.4) is 0 Å². The first-order valence-electron chi connectivity index (χ1n) is 15.3. The molecule has 7 nitrogen and oxygen atoms in total. The second-order valence-corrected chi connectivity index (χ2v) is 10.7. The number of carbonyl (C=O) groups excluding carboxylic acids is 2. The minimum Gasteiger partial charge on any atom is -0.394 e. The van der Waals surface area contributed by atoms with E-state index in [2.05, 4.69) is 13.8 Å². The van der Waals surface area contributed by atoms with Crippen molar-refractivity contribution in [2.45, 2.75) is 161 Å². The molecular formula is C30H59NO6. The first kappa shape index (κ1) is 36.0. The fraction of sp³-hybridized carbons (Fsp3) is 0.933. The van der Waals surface area contributed by atoms with E-state index < -0.39 is 30.7 Å². The normalized spacial score (nSPS) is 13.9.